The van der Waals surface area contributed by atoms with Crippen molar-refractivity contribution in [2.45, 2.75) is 18.9 Å². The average molecular weight is 179 g/mol. The number of hydrogen-bond acceptors (Lipinski definition) is 3. The van der Waals surface area contributed by atoms with Gasteiger partial charge in [-0.15, -0.1) is 11.6 Å². The summed E-state index contributed by atoms with van der Waals surface area (Å²) in [5, 5.41) is 2.13. The van der Waals surface area contributed by atoms with Gasteiger partial charge in [-0.2, -0.15) is 0 Å². The third-order valence-corrected chi connectivity index (χ3v) is 1.28. The SMILES string of the molecule is CCl.NC1CCC(=O)NC1=O. The maximum Gasteiger partial charge on any atom is 0.243 e. The summed E-state index contributed by atoms with van der Waals surface area (Å²) >= 11 is 4.64. The Morgan fingerprint density at radius 2 is 2.09 bits per heavy atom. The molecule has 3 N–H and O–H groups in total. The second-order valence-corrected chi connectivity index (χ2v) is 2.06. The van der Waals surface area contributed by atoms with Gasteiger partial charge in [0.25, 0.3) is 0 Å². The van der Waals surface area contributed by atoms with E-state index in [0.717, 1.165) is 0 Å². The molecule has 64 valence electrons. The normalized spacial score (nSPS) is 23.4. The molecule has 1 aliphatic rings. The van der Waals surface area contributed by atoms with Crippen molar-refractivity contribution in [1.29, 1.82) is 0 Å². The summed E-state index contributed by atoms with van der Waals surface area (Å²) in [4.78, 5) is 21.0. The molecule has 1 rings (SSSR count). The van der Waals surface area contributed by atoms with Gasteiger partial charge in [0.2, 0.25) is 11.8 Å². The van der Waals surface area contributed by atoms with Gasteiger partial charge < -0.3 is 5.73 Å². The topological polar surface area (TPSA) is 72.2 Å². The fourth-order valence-electron chi connectivity index (χ4n) is 0.710. The molecule has 1 fully saturated rings. The van der Waals surface area contributed by atoms with Crippen molar-refractivity contribution in [1.82, 2.24) is 5.32 Å². The molecule has 0 spiro atoms. The summed E-state index contributed by atoms with van der Waals surface area (Å²) in [7, 11) is 0. The minimum atomic E-state index is -0.484. The first-order valence-electron chi connectivity index (χ1n) is 3.17. The van der Waals surface area contributed by atoms with Crippen molar-refractivity contribution in [3.63, 3.8) is 0 Å². The van der Waals surface area contributed by atoms with Gasteiger partial charge in [0.05, 0.1) is 6.04 Å². The van der Waals surface area contributed by atoms with Gasteiger partial charge in [-0.3, -0.25) is 14.9 Å². The lowest BCUT2D eigenvalue weighted by molar-refractivity contribution is -0.134. The number of piperidine rings is 1. The van der Waals surface area contributed by atoms with Crippen molar-refractivity contribution in [3.8, 4) is 0 Å². The summed E-state index contributed by atoms with van der Waals surface area (Å²) in [5.74, 6) is -0.576. The van der Waals surface area contributed by atoms with Crippen molar-refractivity contribution in [2.24, 2.45) is 5.73 Å². The number of nitrogens with one attached hydrogen (secondary N) is 1. The first kappa shape index (κ1) is 10.4. The third kappa shape index (κ3) is 3.34. The van der Waals surface area contributed by atoms with Gasteiger partial charge in [0.1, 0.15) is 0 Å². The van der Waals surface area contributed by atoms with Crippen LogP contribution in [0.1, 0.15) is 12.8 Å². The zero-order valence-electron chi connectivity index (χ0n) is 6.26. The number of amides is 2. The maximum absolute atomic E-state index is 10.5. The van der Waals surface area contributed by atoms with E-state index in [1.807, 2.05) is 0 Å². The van der Waals surface area contributed by atoms with Crippen molar-refractivity contribution < 1.29 is 9.59 Å². The number of carbonyl (C=O) groups is 2. The fourth-order valence-corrected chi connectivity index (χ4v) is 0.710. The molecular weight excluding hydrogens is 168 g/mol. The summed E-state index contributed by atoms with van der Waals surface area (Å²) < 4.78 is 0. The monoisotopic (exact) mass is 178 g/mol. The Labute approximate surface area is 70.1 Å². The van der Waals surface area contributed by atoms with Crippen LogP contribution in [-0.4, -0.2) is 24.2 Å². The Balaban J connectivity index is 0.000000461. The second-order valence-electron chi connectivity index (χ2n) is 2.06. The van der Waals surface area contributed by atoms with Crippen LogP contribution in [0.2, 0.25) is 0 Å². The molecule has 5 heteroatoms. The summed E-state index contributed by atoms with van der Waals surface area (Å²) in [6.07, 6.45) is 2.32. The van der Waals surface area contributed by atoms with Gasteiger partial charge in [-0.1, -0.05) is 0 Å². The van der Waals surface area contributed by atoms with E-state index in [2.05, 4.69) is 16.9 Å². The van der Waals surface area contributed by atoms with Crippen molar-refractivity contribution in [2.75, 3.05) is 6.38 Å². The van der Waals surface area contributed by atoms with Gasteiger partial charge in [-0.05, 0) is 6.42 Å². The number of imide groups is 1. The van der Waals surface area contributed by atoms with E-state index in [9.17, 15) is 9.59 Å². The Hall–Kier alpha value is -0.610. The predicted octanol–water partition coefficient (Wildman–Crippen LogP) is -0.395. The molecule has 1 aliphatic heterocycles. The lowest BCUT2D eigenvalue weighted by atomic mass is 10.1. The number of alkyl halides is 1. The molecule has 0 bridgehead atoms. The minimum Gasteiger partial charge on any atom is -0.320 e. The smallest absolute Gasteiger partial charge is 0.243 e. The van der Waals surface area contributed by atoms with E-state index in [1.165, 1.54) is 6.38 Å². The van der Waals surface area contributed by atoms with E-state index in [1.54, 1.807) is 0 Å². The second kappa shape index (κ2) is 5.09. The van der Waals surface area contributed by atoms with Crippen LogP contribution in [0.3, 0.4) is 0 Å². The zero-order valence-corrected chi connectivity index (χ0v) is 7.02. The molecule has 0 aromatic carbocycles. The van der Waals surface area contributed by atoms with E-state index in [4.69, 9.17) is 5.73 Å². The molecule has 0 aromatic rings. The molecule has 1 unspecified atom stereocenters. The minimum absolute atomic E-state index is 0.221. The molecule has 0 saturated carbocycles. The fraction of sp³-hybridized carbons (Fsp3) is 0.667. The van der Waals surface area contributed by atoms with Gasteiger partial charge in [0, 0.05) is 12.8 Å². The first-order chi connectivity index (χ1) is 5.20. The van der Waals surface area contributed by atoms with Crippen LogP contribution in [-0.2, 0) is 9.59 Å². The molecule has 2 amide bonds. The standard InChI is InChI=1S/C5H8N2O2.CH3Cl/c6-3-1-2-4(8)7-5(3)9;1-2/h3H,1-2,6H2,(H,7,8,9);1H3. The number of carbonyl (C=O) groups excluding carboxylic acids is 2. The molecule has 11 heavy (non-hydrogen) atoms. The molecule has 0 radical (unpaired) electrons. The van der Waals surface area contributed by atoms with Gasteiger partial charge >= 0.3 is 0 Å². The van der Waals surface area contributed by atoms with E-state index >= 15 is 0 Å². The Bertz CT molecular complexity index is 161. The van der Waals surface area contributed by atoms with Crippen molar-refractivity contribution >= 4 is 23.4 Å². The Morgan fingerprint density at radius 1 is 1.55 bits per heavy atom. The van der Waals surface area contributed by atoms with Gasteiger partial charge in [0.15, 0.2) is 0 Å². The highest BCUT2D eigenvalue weighted by molar-refractivity contribution is 6.15. The predicted molar refractivity (Wildman–Crippen MR) is 42.1 cm³/mol. The first-order valence-corrected chi connectivity index (χ1v) is 3.93. The number of rotatable bonds is 0. The molecule has 1 saturated heterocycles. The van der Waals surface area contributed by atoms with Crippen LogP contribution >= 0.6 is 11.6 Å². The highest BCUT2D eigenvalue weighted by atomic mass is 35.5. The summed E-state index contributed by atoms with van der Waals surface area (Å²) in [6, 6.07) is -0.484. The molecule has 0 aromatic heterocycles. The van der Waals surface area contributed by atoms with E-state index in [-0.39, 0.29) is 11.8 Å². The number of nitrogens with two attached hydrogens (primary N) is 1. The van der Waals surface area contributed by atoms with Crippen LogP contribution in [0.25, 0.3) is 0 Å². The van der Waals surface area contributed by atoms with Crippen LogP contribution in [0.4, 0.5) is 0 Å². The molecule has 4 nitrogen and oxygen atoms in total. The molecule has 0 aliphatic carbocycles. The Kier molecular flexibility index (Phi) is 4.81. The summed E-state index contributed by atoms with van der Waals surface area (Å²) in [6.45, 7) is 0. The van der Waals surface area contributed by atoms with Crippen molar-refractivity contribution in [3.05, 3.63) is 0 Å². The summed E-state index contributed by atoms with van der Waals surface area (Å²) in [5.41, 5.74) is 5.28. The lowest BCUT2D eigenvalue weighted by Gasteiger charge is -2.15. The average Bonchev–Trinajstić information content (AvgIpc) is 2.02. The lowest BCUT2D eigenvalue weighted by Crippen LogP contribution is -2.48. The Morgan fingerprint density at radius 3 is 2.45 bits per heavy atom. The highest BCUT2D eigenvalue weighted by Gasteiger charge is 2.22. The van der Waals surface area contributed by atoms with Gasteiger partial charge in [-0.25, -0.2) is 0 Å². The number of hydrogen-bond donors (Lipinski definition) is 2. The van der Waals surface area contributed by atoms with Crippen LogP contribution in [0.5, 0.6) is 0 Å². The quantitative estimate of drug-likeness (QED) is 0.392. The molecule has 1 atom stereocenters. The van der Waals surface area contributed by atoms with Crippen LogP contribution in [0.15, 0.2) is 0 Å². The highest BCUT2D eigenvalue weighted by Crippen LogP contribution is 2.00. The van der Waals surface area contributed by atoms with E-state index in [0.29, 0.717) is 12.8 Å². The molecular formula is C6H11ClN2O2. The van der Waals surface area contributed by atoms with E-state index < -0.39 is 6.04 Å². The zero-order chi connectivity index (χ0) is 8.85. The third-order valence-electron chi connectivity index (χ3n) is 1.28. The number of halogens is 1. The molecule has 1 heterocycles. The largest absolute Gasteiger partial charge is 0.320 e. The maximum atomic E-state index is 10.5. The van der Waals surface area contributed by atoms with Crippen LogP contribution < -0.4 is 11.1 Å². The van der Waals surface area contributed by atoms with Crippen LogP contribution in [0, 0.1) is 0 Å².